The molecule has 0 aromatic heterocycles. The quantitative estimate of drug-likeness (QED) is 0.869. The summed E-state index contributed by atoms with van der Waals surface area (Å²) in [5.74, 6) is 1.08. The van der Waals surface area contributed by atoms with Gasteiger partial charge in [0, 0.05) is 18.7 Å². The van der Waals surface area contributed by atoms with Crippen molar-refractivity contribution in [3.8, 4) is 11.5 Å². The molecule has 116 valence electrons. The highest BCUT2D eigenvalue weighted by Crippen LogP contribution is 2.28. The summed E-state index contributed by atoms with van der Waals surface area (Å²) in [6, 6.07) is 4.81. The van der Waals surface area contributed by atoms with Gasteiger partial charge in [-0.3, -0.25) is 4.79 Å². The van der Waals surface area contributed by atoms with Crippen molar-refractivity contribution in [2.45, 2.75) is 19.3 Å². The maximum absolute atomic E-state index is 12.4. The normalized spacial score (nSPS) is 16.0. The van der Waals surface area contributed by atoms with Gasteiger partial charge >= 0.3 is 0 Å². The Balaban J connectivity index is 1.94. The summed E-state index contributed by atoms with van der Waals surface area (Å²) in [5, 5.41) is 12.9. The number of carbonyl (C=O) groups excluding carboxylic acids is 1. The lowest BCUT2D eigenvalue weighted by atomic mass is 9.93. The van der Waals surface area contributed by atoms with Gasteiger partial charge in [0.2, 0.25) is 0 Å². The zero-order valence-corrected chi connectivity index (χ0v) is 12.8. The van der Waals surface area contributed by atoms with Gasteiger partial charge in [-0.25, -0.2) is 0 Å². The first kappa shape index (κ1) is 15.6. The number of hydrogen-bond acceptors (Lipinski definition) is 4. The van der Waals surface area contributed by atoms with Gasteiger partial charge < -0.3 is 20.1 Å². The fourth-order valence-electron chi connectivity index (χ4n) is 2.78. The molecule has 1 saturated heterocycles. The molecular weight excluding hydrogens is 268 g/mol. The van der Waals surface area contributed by atoms with E-state index in [1.54, 1.807) is 12.1 Å². The average molecular weight is 292 g/mol. The molecule has 2 N–H and O–H groups in total. The van der Waals surface area contributed by atoms with Crippen LogP contribution in [-0.4, -0.2) is 49.7 Å². The molecule has 1 aromatic carbocycles. The van der Waals surface area contributed by atoms with Crippen molar-refractivity contribution < 1.29 is 14.6 Å². The smallest absolute Gasteiger partial charge is 0.253 e. The third-order valence-corrected chi connectivity index (χ3v) is 4.13. The SMILES string of the molecule is CNCCC1CCN(C(=O)c2ccc(OC)c(O)c2)CC1. The summed E-state index contributed by atoms with van der Waals surface area (Å²) >= 11 is 0. The highest BCUT2D eigenvalue weighted by Gasteiger charge is 2.23. The molecule has 0 saturated carbocycles. The molecule has 5 heteroatoms. The van der Waals surface area contributed by atoms with Crippen LogP contribution in [0.4, 0.5) is 0 Å². The van der Waals surface area contributed by atoms with Crippen molar-refractivity contribution in [2.75, 3.05) is 33.8 Å². The molecule has 1 amide bonds. The molecular formula is C16H24N2O3. The summed E-state index contributed by atoms with van der Waals surface area (Å²) in [6.45, 7) is 2.62. The first-order valence-electron chi connectivity index (χ1n) is 7.46. The third-order valence-electron chi connectivity index (χ3n) is 4.13. The highest BCUT2D eigenvalue weighted by molar-refractivity contribution is 5.95. The molecule has 21 heavy (non-hydrogen) atoms. The number of aromatic hydroxyl groups is 1. The monoisotopic (exact) mass is 292 g/mol. The van der Waals surface area contributed by atoms with Crippen LogP contribution in [0.2, 0.25) is 0 Å². The zero-order chi connectivity index (χ0) is 15.2. The maximum atomic E-state index is 12.4. The lowest BCUT2D eigenvalue weighted by Crippen LogP contribution is -2.38. The molecule has 0 spiro atoms. The lowest BCUT2D eigenvalue weighted by Gasteiger charge is -2.32. The Labute approximate surface area is 125 Å². The second kappa shape index (κ2) is 7.31. The van der Waals surface area contributed by atoms with Gasteiger partial charge in [-0.05, 0) is 57.0 Å². The third kappa shape index (κ3) is 3.88. The number of methoxy groups -OCH3 is 1. The Kier molecular flexibility index (Phi) is 5.44. The van der Waals surface area contributed by atoms with Gasteiger partial charge in [0.1, 0.15) is 0 Å². The van der Waals surface area contributed by atoms with Crippen LogP contribution in [0.15, 0.2) is 18.2 Å². The number of phenols is 1. The topological polar surface area (TPSA) is 61.8 Å². The maximum Gasteiger partial charge on any atom is 0.253 e. The van der Waals surface area contributed by atoms with Crippen molar-refractivity contribution in [1.29, 1.82) is 0 Å². The second-order valence-corrected chi connectivity index (χ2v) is 5.51. The summed E-state index contributed by atoms with van der Waals surface area (Å²) in [7, 11) is 3.46. The van der Waals surface area contributed by atoms with E-state index in [9.17, 15) is 9.90 Å². The number of likely N-dealkylation sites (tertiary alicyclic amines) is 1. The molecule has 5 nitrogen and oxygen atoms in total. The summed E-state index contributed by atoms with van der Waals surface area (Å²) in [4.78, 5) is 14.3. The predicted octanol–water partition coefficient (Wildman–Crippen LogP) is 1.86. The van der Waals surface area contributed by atoms with E-state index in [4.69, 9.17) is 4.74 Å². The van der Waals surface area contributed by atoms with Crippen LogP contribution in [0, 0.1) is 5.92 Å². The van der Waals surface area contributed by atoms with Crippen LogP contribution >= 0.6 is 0 Å². The van der Waals surface area contributed by atoms with Gasteiger partial charge in [-0.2, -0.15) is 0 Å². The lowest BCUT2D eigenvalue weighted by molar-refractivity contribution is 0.0686. The van der Waals surface area contributed by atoms with Crippen LogP contribution in [0.5, 0.6) is 11.5 Å². The molecule has 1 heterocycles. The van der Waals surface area contributed by atoms with E-state index in [0.717, 1.165) is 32.5 Å². The van der Waals surface area contributed by atoms with E-state index in [1.165, 1.54) is 19.6 Å². The number of rotatable bonds is 5. The molecule has 0 unspecified atom stereocenters. The highest BCUT2D eigenvalue weighted by atomic mass is 16.5. The molecule has 1 aliphatic heterocycles. The van der Waals surface area contributed by atoms with E-state index in [-0.39, 0.29) is 11.7 Å². The van der Waals surface area contributed by atoms with Crippen LogP contribution < -0.4 is 10.1 Å². The van der Waals surface area contributed by atoms with Gasteiger partial charge in [0.05, 0.1) is 7.11 Å². The Morgan fingerprint density at radius 2 is 2.14 bits per heavy atom. The number of phenolic OH excluding ortho intramolecular Hbond substituents is 1. The molecule has 0 bridgehead atoms. The van der Waals surface area contributed by atoms with Crippen molar-refractivity contribution in [3.63, 3.8) is 0 Å². The molecule has 0 aliphatic carbocycles. The molecule has 1 aliphatic rings. The summed E-state index contributed by atoms with van der Waals surface area (Å²) in [6.07, 6.45) is 3.27. The van der Waals surface area contributed by atoms with E-state index >= 15 is 0 Å². The van der Waals surface area contributed by atoms with Crippen LogP contribution in [-0.2, 0) is 0 Å². The molecule has 0 radical (unpaired) electrons. The summed E-state index contributed by atoms with van der Waals surface area (Å²) < 4.78 is 5.00. The minimum Gasteiger partial charge on any atom is -0.504 e. The van der Waals surface area contributed by atoms with Gasteiger partial charge in [-0.1, -0.05) is 0 Å². The van der Waals surface area contributed by atoms with Crippen molar-refractivity contribution in [1.82, 2.24) is 10.2 Å². The number of piperidine rings is 1. The number of hydrogen-bond donors (Lipinski definition) is 2. The fourth-order valence-corrected chi connectivity index (χ4v) is 2.78. The second-order valence-electron chi connectivity index (χ2n) is 5.51. The van der Waals surface area contributed by atoms with E-state index in [1.807, 2.05) is 11.9 Å². The molecule has 1 aromatic rings. The Hall–Kier alpha value is -1.75. The molecule has 0 atom stereocenters. The average Bonchev–Trinajstić information content (AvgIpc) is 2.52. The molecule has 1 fully saturated rings. The number of carbonyl (C=O) groups is 1. The van der Waals surface area contributed by atoms with Gasteiger partial charge in [-0.15, -0.1) is 0 Å². The number of benzene rings is 1. The van der Waals surface area contributed by atoms with E-state index < -0.39 is 0 Å². The Bertz CT molecular complexity index is 482. The fraction of sp³-hybridized carbons (Fsp3) is 0.562. The largest absolute Gasteiger partial charge is 0.504 e. The van der Waals surface area contributed by atoms with Gasteiger partial charge in [0.25, 0.3) is 5.91 Å². The number of nitrogens with one attached hydrogen (secondary N) is 1. The first-order valence-corrected chi connectivity index (χ1v) is 7.46. The number of ether oxygens (including phenoxy) is 1. The van der Waals surface area contributed by atoms with Gasteiger partial charge in [0.15, 0.2) is 11.5 Å². The van der Waals surface area contributed by atoms with Crippen LogP contribution in [0.1, 0.15) is 29.6 Å². The minimum absolute atomic E-state index is 0.00672. The van der Waals surface area contributed by atoms with Crippen LogP contribution in [0.3, 0.4) is 0 Å². The van der Waals surface area contributed by atoms with Crippen LogP contribution in [0.25, 0.3) is 0 Å². The number of amides is 1. The first-order chi connectivity index (χ1) is 10.2. The van der Waals surface area contributed by atoms with E-state index in [2.05, 4.69) is 5.32 Å². The van der Waals surface area contributed by atoms with Crippen molar-refractivity contribution >= 4 is 5.91 Å². The minimum atomic E-state index is -0.0139. The van der Waals surface area contributed by atoms with E-state index in [0.29, 0.717) is 17.2 Å². The molecule has 2 rings (SSSR count). The standard InChI is InChI=1S/C16H24N2O3/c1-17-8-5-12-6-9-18(10-7-12)16(20)13-3-4-15(21-2)14(19)11-13/h3-4,11-12,17,19H,5-10H2,1-2H3. The Morgan fingerprint density at radius 1 is 1.43 bits per heavy atom. The summed E-state index contributed by atoms with van der Waals surface area (Å²) in [5.41, 5.74) is 0.516. The number of nitrogens with zero attached hydrogens (tertiary/aromatic N) is 1. The zero-order valence-electron chi connectivity index (χ0n) is 12.8. The van der Waals surface area contributed by atoms with Crippen molar-refractivity contribution in [3.05, 3.63) is 23.8 Å². The van der Waals surface area contributed by atoms with Crippen molar-refractivity contribution in [2.24, 2.45) is 5.92 Å². The Morgan fingerprint density at radius 3 is 2.71 bits per heavy atom. The predicted molar refractivity (Wildman–Crippen MR) is 81.8 cm³/mol.